The predicted molar refractivity (Wildman–Crippen MR) is 102 cm³/mol. The van der Waals surface area contributed by atoms with Crippen molar-refractivity contribution in [2.75, 3.05) is 24.1 Å². The molecule has 0 atom stereocenters. The number of rotatable bonds is 0. The van der Waals surface area contributed by atoms with Crippen LogP contribution >= 0.6 is 0 Å². The Labute approximate surface area is 151 Å². The lowest BCUT2D eigenvalue weighted by atomic mass is 10.1. The molecular formula is C19H22N6O. The Bertz CT molecular complexity index is 978. The van der Waals surface area contributed by atoms with Gasteiger partial charge in [-0.3, -0.25) is 4.79 Å². The number of hydrogen-bond acceptors (Lipinski definition) is 5. The fourth-order valence-electron chi connectivity index (χ4n) is 3.28. The zero-order valence-electron chi connectivity index (χ0n) is 14.7. The summed E-state index contributed by atoms with van der Waals surface area (Å²) in [5, 5.41) is 11.0. The second kappa shape index (κ2) is 6.67. The van der Waals surface area contributed by atoms with Crippen LogP contribution in [0, 0.1) is 6.92 Å². The summed E-state index contributed by atoms with van der Waals surface area (Å²) in [5.74, 6) is 0.715. The van der Waals surface area contributed by atoms with Gasteiger partial charge in [-0.25, -0.2) is 9.50 Å². The second-order valence-corrected chi connectivity index (χ2v) is 6.68. The number of carbonyl (C=O) groups is 1. The molecule has 0 aliphatic carbocycles. The lowest BCUT2D eigenvalue weighted by Gasteiger charge is -2.09. The second-order valence-electron chi connectivity index (χ2n) is 6.68. The van der Waals surface area contributed by atoms with E-state index in [-0.39, 0.29) is 5.91 Å². The van der Waals surface area contributed by atoms with Crippen LogP contribution in [0.5, 0.6) is 0 Å². The lowest BCUT2D eigenvalue weighted by Crippen LogP contribution is -2.24. The summed E-state index contributed by atoms with van der Waals surface area (Å²) in [6.07, 6.45) is 4.77. The van der Waals surface area contributed by atoms with Crippen molar-refractivity contribution in [2.45, 2.75) is 26.2 Å². The maximum atomic E-state index is 12.5. The van der Waals surface area contributed by atoms with E-state index in [1.165, 1.54) is 0 Å². The first-order valence-electron chi connectivity index (χ1n) is 8.90. The molecular weight excluding hydrogens is 328 g/mol. The monoisotopic (exact) mass is 350 g/mol. The number of imidazole rings is 1. The number of aryl methyl sites for hydroxylation is 1. The van der Waals surface area contributed by atoms with Gasteiger partial charge < -0.3 is 16.4 Å². The van der Waals surface area contributed by atoms with Crippen LogP contribution < -0.4 is 16.4 Å². The van der Waals surface area contributed by atoms with Crippen LogP contribution in [0.4, 0.5) is 11.5 Å². The fraction of sp³-hybridized carbons (Fsp3) is 0.316. The number of anilines is 2. The Hall–Kier alpha value is -3.09. The first kappa shape index (κ1) is 16.4. The average molecular weight is 350 g/mol. The maximum Gasteiger partial charge on any atom is 0.251 e. The lowest BCUT2D eigenvalue weighted by molar-refractivity contribution is 0.0953. The fourth-order valence-corrected chi connectivity index (χ4v) is 3.28. The standard InChI is InChI=1S/C19H22N6O/c1-12-7-17-21-5-3-2-4-6-22-19(26)14-8-13(9-15(20)10-14)16-11-23-18(12)25(16)24-17/h7-11H,2-6,20H2,1H3,(H,21,24)(H,22,26). The van der Waals surface area contributed by atoms with Crippen LogP contribution in [0.15, 0.2) is 30.5 Å². The van der Waals surface area contributed by atoms with Gasteiger partial charge >= 0.3 is 0 Å². The number of hydrogen-bond donors (Lipinski definition) is 3. The van der Waals surface area contributed by atoms with Crippen molar-refractivity contribution in [2.24, 2.45) is 0 Å². The largest absolute Gasteiger partial charge is 0.399 e. The molecule has 2 aromatic heterocycles. The Kier molecular flexibility index (Phi) is 4.20. The molecule has 134 valence electrons. The summed E-state index contributed by atoms with van der Waals surface area (Å²) in [7, 11) is 0. The number of nitrogens with two attached hydrogens (primary N) is 1. The first-order chi connectivity index (χ1) is 12.6. The van der Waals surface area contributed by atoms with Gasteiger partial charge in [-0.2, -0.15) is 0 Å². The molecule has 0 saturated carbocycles. The Morgan fingerprint density at radius 3 is 2.65 bits per heavy atom. The molecule has 26 heavy (non-hydrogen) atoms. The van der Waals surface area contributed by atoms with E-state index >= 15 is 0 Å². The molecule has 4 rings (SSSR count). The summed E-state index contributed by atoms with van der Waals surface area (Å²) in [6, 6.07) is 7.40. The SMILES string of the molecule is Cc1cc2nn3c(cnc13)-c1cc(N)cc(c1)C(=O)NCCCCCN2. The Morgan fingerprint density at radius 2 is 1.81 bits per heavy atom. The van der Waals surface area contributed by atoms with E-state index in [1.807, 2.05) is 29.6 Å². The molecule has 0 unspecified atom stereocenters. The summed E-state index contributed by atoms with van der Waals surface area (Å²) >= 11 is 0. The number of amides is 1. The van der Waals surface area contributed by atoms with E-state index in [1.54, 1.807) is 12.3 Å². The molecule has 4 N–H and O–H groups in total. The normalized spacial score (nSPS) is 15.2. The summed E-state index contributed by atoms with van der Waals surface area (Å²) in [6.45, 7) is 3.52. The quantitative estimate of drug-likeness (QED) is 0.542. The van der Waals surface area contributed by atoms with Crippen LogP contribution in [-0.4, -0.2) is 33.6 Å². The van der Waals surface area contributed by atoms with Gasteiger partial charge in [-0.05, 0) is 56.0 Å². The number of nitrogen functional groups attached to an aromatic ring is 1. The highest BCUT2D eigenvalue weighted by molar-refractivity contribution is 5.96. The van der Waals surface area contributed by atoms with Crippen LogP contribution in [0.2, 0.25) is 0 Å². The minimum absolute atomic E-state index is 0.106. The topological polar surface area (TPSA) is 97.3 Å². The highest BCUT2D eigenvalue weighted by Crippen LogP contribution is 2.26. The zero-order valence-corrected chi connectivity index (χ0v) is 14.7. The molecule has 4 bridgehead atoms. The third-order valence-electron chi connectivity index (χ3n) is 4.61. The van der Waals surface area contributed by atoms with E-state index in [0.29, 0.717) is 17.8 Å². The predicted octanol–water partition coefficient (Wildman–Crippen LogP) is 2.61. The van der Waals surface area contributed by atoms with Crippen molar-refractivity contribution in [1.82, 2.24) is 19.9 Å². The van der Waals surface area contributed by atoms with Gasteiger partial charge in [0.25, 0.3) is 5.91 Å². The molecule has 1 amide bonds. The van der Waals surface area contributed by atoms with Gasteiger partial charge in [-0.1, -0.05) is 0 Å². The van der Waals surface area contributed by atoms with Crippen molar-refractivity contribution < 1.29 is 4.79 Å². The van der Waals surface area contributed by atoms with Crippen molar-refractivity contribution in [3.05, 3.63) is 41.6 Å². The van der Waals surface area contributed by atoms with Gasteiger partial charge in [0.1, 0.15) is 5.82 Å². The minimum Gasteiger partial charge on any atom is -0.399 e. The van der Waals surface area contributed by atoms with Crippen LogP contribution in [-0.2, 0) is 0 Å². The summed E-state index contributed by atoms with van der Waals surface area (Å²) in [4.78, 5) is 17.0. The summed E-state index contributed by atoms with van der Waals surface area (Å²) in [5.41, 5.74) is 10.6. The zero-order chi connectivity index (χ0) is 18.1. The Balaban J connectivity index is 1.89. The Morgan fingerprint density at radius 1 is 1.04 bits per heavy atom. The molecule has 0 spiro atoms. The van der Waals surface area contributed by atoms with Gasteiger partial charge in [0.05, 0.1) is 11.9 Å². The molecule has 0 saturated heterocycles. The van der Waals surface area contributed by atoms with Crippen molar-refractivity contribution in [1.29, 1.82) is 0 Å². The maximum absolute atomic E-state index is 12.5. The molecule has 7 nitrogen and oxygen atoms in total. The third-order valence-corrected chi connectivity index (χ3v) is 4.61. The highest BCUT2D eigenvalue weighted by atomic mass is 16.1. The van der Waals surface area contributed by atoms with Crippen molar-refractivity contribution >= 4 is 23.1 Å². The smallest absolute Gasteiger partial charge is 0.251 e. The molecule has 1 aliphatic rings. The molecule has 3 aromatic rings. The number of nitrogens with zero attached hydrogens (tertiary/aromatic N) is 3. The number of nitrogens with one attached hydrogen (secondary N) is 2. The van der Waals surface area contributed by atoms with Crippen LogP contribution in [0.25, 0.3) is 16.9 Å². The van der Waals surface area contributed by atoms with Gasteiger partial charge in [-0.15, -0.1) is 5.10 Å². The van der Waals surface area contributed by atoms with Gasteiger partial charge in [0, 0.05) is 29.9 Å². The van der Waals surface area contributed by atoms with E-state index in [0.717, 1.165) is 54.1 Å². The van der Waals surface area contributed by atoms with E-state index in [4.69, 9.17) is 10.8 Å². The number of carbonyl (C=O) groups excluding carboxylic acids is 1. The summed E-state index contributed by atoms with van der Waals surface area (Å²) < 4.78 is 1.81. The average Bonchev–Trinajstić information content (AvgIpc) is 3.04. The van der Waals surface area contributed by atoms with Crippen molar-refractivity contribution in [3.8, 4) is 11.3 Å². The van der Waals surface area contributed by atoms with Gasteiger partial charge in [0.2, 0.25) is 0 Å². The van der Waals surface area contributed by atoms with Crippen LogP contribution in [0.1, 0.15) is 35.2 Å². The molecule has 0 fully saturated rings. The first-order valence-corrected chi connectivity index (χ1v) is 8.90. The van der Waals surface area contributed by atoms with E-state index in [9.17, 15) is 4.79 Å². The third kappa shape index (κ3) is 3.08. The molecule has 1 aromatic carbocycles. The van der Waals surface area contributed by atoms with E-state index in [2.05, 4.69) is 15.6 Å². The van der Waals surface area contributed by atoms with Gasteiger partial charge in [0.15, 0.2) is 5.65 Å². The van der Waals surface area contributed by atoms with Crippen LogP contribution in [0.3, 0.4) is 0 Å². The molecule has 3 heterocycles. The van der Waals surface area contributed by atoms with Crippen molar-refractivity contribution in [3.63, 3.8) is 0 Å². The van der Waals surface area contributed by atoms with E-state index < -0.39 is 0 Å². The molecule has 0 radical (unpaired) electrons. The number of benzene rings is 1. The molecule has 1 aliphatic heterocycles. The number of aromatic nitrogens is 3. The number of fused-ring (bicyclic) bond motifs is 4. The highest BCUT2D eigenvalue weighted by Gasteiger charge is 2.14. The minimum atomic E-state index is -0.106. The molecule has 7 heteroatoms.